The molecule has 4 saturated carbocycles. The number of rotatable bonds is 7. The molecule has 50 heavy (non-hydrogen) atoms. The monoisotopic (exact) mass is 712 g/mol. The van der Waals surface area contributed by atoms with Gasteiger partial charge in [-0.05, 0) is 75.2 Å². The first-order valence-corrected chi connectivity index (χ1v) is 18.1. The molecule has 19 atom stereocenters. The minimum absolute atomic E-state index is 0.0519. The van der Waals surface area contributed by atoms with Crippen LogP contribution in [0.2, 0.25) is 0 Å². The van der Waals surface area contributed by atoms with Crippen molar-refractivity contribution in [2.45, 2.75) is 144 Å². The van der Waals surface area contributed by atoms with Crippen molar-refractivity contribution in [1.29, 1.82) is 0 Å². The molecule has 7 aliphatic rings. The van der Waals surface area contributed by atoms with Crippen LogP contribution in [-0.2, 0) is 33.3 Å². The van der Waals surface area contributed by atoms with Crippen molar-refractivity contribution in [2.24, 2.45) is 34.5 Å². The highest BCUT2D eigenvalue weighted by Crippen LogP contribution is 2.69. The Hall–Kier alpha value is -1.60. The molecule has 3 heterocycles. The topological polar surface area (TPSA) is 242 Å². The maximum absolute atomic E-state index is 13.1. The van der Waals surface area contributed by atoms with Crippen molar-refractivity contribution in [3.05, 3.63) is 11.6 Å². The molecule has 8 N–H and O–H groups in total. The van der Waals surface area contributed by atoms with Gasteiger partial charge in [-0.15, -0.1) is 0 Å². The summed E-state index contributed by atoms with van der Waals surface area (Å²) >= 11 is 0. The van der Waals surface area contributed by atoms with Crippen molar-refractivity contribution < 1.29 is 74.1 Å². The molecule has 0 spiro atoms. The van der Waals surface area contributed by atoms with E-state index < -0.39 is 109 Å². The number of esters is 1. The molecular formula is C35H52O15. The summed E-state index contributed by atoms with van der Waals surface area (Å²) in [6.07, 6.45) is -8.56. The van der Waals surface area contributed by atoms with E-state index in [1.807, 2.05) is 6.92 Å². The Morgan fingerprint density at radius 1 is 0.900 bits per heavy atom. The number of ether oxygens (including phenoxy) is 5. The van der Waals surface area contributed by atoms with E-state index in [0.29, 0.717) is 50.5 Å². The molecule has 282 valence electrons. The number of carbonyl (C=O) groups excluding carboxylic acids is 2. The Morgan fingerprint density at radius 2 is 1.62 bits per heavy atom. The molecule has 15 heteroatoms. The lowest BCUT2D eigenvalue weighted by atomic mass is 9.43. The predicted molar refractivity (Wildman–Crippen MR) is 167 cm³/mol. The first-order chi connectivity index (χ1) is 23.7. The summed E-state index contributed by atoms with van der Waals surface area (Å²) in [5.41, 5.74) is -1.88. The Bertz CT molecular complexity index is 1330. The van der Waals surface area contributed by atoms with Gasteiger partial charge in [0.05, 0.1) is 30.5 Å². The summed E-state index contributed by atoms with van der Waals surface area (Å²) in [5.74, 6) is -1.20. The second-order valence-electron chi connectivity index (χ2n) is 16.2. The fourth-order valence-electron chi connectivity index (χ4n) is 11.3. The van der Waals surface area contributed by atoms with Crippen LogP contribution in [0.1, 0.15) is 65.2 Å². The first-order valence-electron chi connectivity index (χ1n) is 18.1. The molecule has 3 aliphatic heterocycles. The molecule has 0 aromatic rings. The summed E-state index contributed by atoms with van der Waals surface area (Å²) in [6.45, 7) is 3.05. The second-order valence-corrected chi connectivity index (χ2v) is 16.2. The average molecular weight is 713 g/mol. The van der Waals surface area contributed by atoms with E-state index in [9.17, 15) is 50.4 Å². The van der Waals surface area contributed by atoms with Gasteiger partial charge >= 0.3 is 5.97 Å². The third-order valence-corrected chi connectivity index (χ3v) is 13.9. The van der Waals surface area contributed by atoms with E-state index >= 15 is 0 Å². The van der Waals surface area contributed by atoms with Gasteiger partial charge in [0.2, 0.25) is 0 Å². The molecule has 4 aliphatic carbocycles. The Labute approximate surface area is 290 Å². The van der Waals surface area contributed by atoms with E-state index in [2.05, 4.69) is 0 Å². The number of aliphatic hydroxyl groups excluding tert-OH is 7. The highest BCUT2D eigenvalue weighted by Gasteiger charge is 2.71. The van der Waals surface area contributed by atoms with E-state index in [-0.39, 0.29) is 30.8 Å². The van der Waals surface area contributed by atoms with Crippen LogP contribution in [0.15, 0.2) is 11.6 Å². The summed E-state index contributed by atoms with van der Waals surface area (Å²) in [6, 6.07) is 0. The average Bonchev–Trinajstić information content (AvgIpc) is 3.60. The lowest BCUT2D eigenvalue weighted by molar-refractivity contribution is -0.360. The molecule has 0 aromatic carbocycles. The van der Waals surface area contributed by atoms with Crippen molar-refractivity contribution in [3.63, 3.8) is 0 Å². The van der Waals surface area contributed by atoms with Crippen molar-refractivity contribution in [2.75, 3.05) is 13.2 Å². The fraction of sp³-hybridized carbons (Fsp3) is 0.886. The molecule has 0 amide bonds. The number of aliphatic hydroxyl groups is 8. The largest absolute Gasteiger partial charge is 0.458 e. The minimum Gasteiger partial charge on any atom is -0.458 e. The molecular weight excluding hydrogens is 660 g/mol. The summed E-state index contributed by atoms with van der Waals surface area (Å²) < 4.78 is 28.5. The highest BCUT2D eigenvalue weighted by molar-refractivity contribution is 5.85. The first kappa shape index (κ1) is 36.7. The van der Waals surface area contributed by atoms with Gasteiger partial charge in [0.1, 0.15) is 55.6 Å². The van der Waals surface area contributed by atoms with Crippen molar-refractivity contribution in [3.8, 4) is 0 Å². The quantitative estimate of drug-likeness (QED) is 0.0845. The SMILES string of the molecule is C[C@@H]1O[C@@H](O[C@H]2CC[C@@]3(C=O)[C@@H](CC[C@H]4[C@H]3CC[C@@]3(C)[C@H](C5=CC(=O)OC5)[C@H](O)C[C@]43O)C2)[C@H](O)[C@H](O)[C@H]1O[C@@H]1O[C@H](CO)[C@@H](O)[C@H](O)[C@@H]1O. The van der Waals surface area contributed by atoms with Gasteiger partial charge in [-0.2, -0.15) is 0 Å². The number of carbonyl (C=O) groups is 2. The standard InChI is InChI=1S/C35H52O15/c1-15-30(50-32-28(43)26(41)25(40)22(12-36)49-32)27(42)29(44)31(47-15)48-18-5-8-34(14-37)17(10-18)3-4-20-19(34)6-7-33(2)24(16-9-23(39)46-13-16)21(38)11-35(20,33)45/h9,14-15,17-22,24-32,36,38,40-45H,3-8,10-13H2,1-2H3/t15-,17-,18-,19+,20-,21+,22+,24+,25+,26-,27-,28-,29+,30-,31-,32-,33-,34+,35-/m0/s1. The maximum atomic E-state index is 13.1. The van der Waals surface area contributed by atoms with Gasteiger partial charge in [-0.3, -0.25) is 0 Å². The number of fused-ring (bicyclic) bond motifs is 5. The van der Waals surface area contributed by atoms with Crippen LogP contribution in [0.3, 0.4) is 0 Å². The zero-order valence-corrected chi connectivity index (χ0v) is 28.4. The van der Waals surface area contributed by atoms with Crippen molar-refractivity contribution in [1.82, 2.24) is 0 Å². The molecule has 0 aromatic heterocycles. The Kier molecular flexibility index (Phi) is 9.82. The summed E-state index contributed by atoms with van der Waals surface area (Å²) in [4.78, 5) is 25.0. The Balaban J connectivity index is 1.01. The van der Waals surface area contributed by atoms with Crippen LogP contribution < -0.4 is 0 Å². The zero-order chi connectivity index (χ0) is 35.9. The van der Waals surface area contributed by atoms with Crippen LogP contribution in [0, 0.1) is 34.5 Å². The maximum Gasteiger partial charge on any atom is 0.331 e. The van der Waals surface area contributed by atoms with Gasteiger partial charge in [-0.25, -0.2) is 4.79 Å². The molecule has 0 unspecified atom stereocenters. The van der Waals surface area contributed by atoms with E-state index in [0.717, 1.165) is 6.29 Å². The fourth-order valence-corrected chi connectivity index (χ4v) is 11.3. The van der Waals surface area contributed by atoms with E-state index in [1.165, 1.54) is 6.08 Å². The molecule has 7 rings (SSSR count). The molecule has 15 nitrogen and oxygen atoms in total. The number of hydrogen-bond acceptors (Lipinski definition) is 15. The normalized spacial score (nSPS) is 55.0. The van der Waals surface area contributed by atoms with Crippen LogP contribution in [0.25, 0.3) is 0 Å². The van der Waals surface area contributed by atoms with Crippen LogP contribution in [0.5, 0.6) is 0 Å². The van der Waals surface area contributed by atoms with Gasteiger partial charge < -0.3 is 69.3 Å². The molecule has 2 saturated heterocycles. The third-order valence-electron chi connectivity index (χ3n) is 13.9. The van der Waals surface area contributed by atoms with Crippen LogP contribution >= 0.6 is 0 Å². The lowest BCUT2D eigenvalue weighted by Gasteiger charge is -2.63. The smallest absolute Gasteiger partial charge is 0.331 e. The number of hydrogen-bond donors (Lipinski definition) is 8. The van der Waals surface area contributed by atoms with Crippen LogP contribution in [0.4, 0.5) is 0 Å². The van der Waals surface area contributed by atoms with E-state index in [4.69, 9.17) is 23.7 Å². The Morgan fingerprint density at radius 3 is 2.30 bits per heavy atom. The predicted octanol–water partition coefficient (Wildman–Crippen LogP) is -1.57. The molecule has 6 fully saturated rings. The summed E-state index contributed by atoms with van der Waals surface area (Å²) in [5, 5.41) is 86.0. The number of cyclic esters (lactones) is 1. The number of aldehydes is 1. The van der Waals surface area contributed by atoms with E-state index in [1.54, 1.807) is 6.92 Å². The zero-order valence-electron chi connectivity index (χ0n) is 28.4. The summed E-state index contributed by atoms with van der Waals surface area (Å²) in [7, 11) is 0. The molecule has 0 radical (unpaired) electrons. The second kappa shape index (κ2) is 13.4. The van der Waals surface area contributed by atoms with Gasteiger partial charge in [0, 0.05) is 29.2 Å². The van der Waals surface area contributed by atoms with Crippen molar-refractivity contribution >= 4 is 12.3 Å². The third kappa shape index (κ3) is 5.54. The minimum atomic E-state index is -1.70. The van der Waals surface area contributed by atoms with Gasteiger partial charge in [-0.1, -0.05) is 6.92 Å². The van der Waals surface area contributed by atoms with Crippen LogP contribution in [-0.4, -0.2) is 146 Å². The molecule has 0 bridgehead atoms. The lowest BCUT2D eigenvalue weighted by Crippen LogP contribution is -2.64. The highest BCUT2D eigenvalue weighted by atomic mass is 16.7. The van der Waals surface area contributed by atoms with Gasteiger partial charge in [0.25, 0.3) is 0 Å². The van der Waals surface area contributed by atoms with Gasteiger partial charge in [0.15, 0.2) is 12.6 Å².